The third kappa shape index (κ3) is 5.22. The van der Waals surface area contributed by atoms with Gasteiger partial charge in [0, 0.05) is 29.3 Å². The Labute approximate surface area is 234 Å². The largest absolute Gasteiger partial charge is 0.493 e. The molecule has 1 heterocycles. The smallest absolute Gasteiger partial charge is 0.337 e. The fraction of sp³-hybridized carbons (Fsp3) is 0.406. The van der Waals surface area contributed by atoms with Gasteiger partial charge in [0.05, 0.1) is 32.5 Å². The number of carbonyl (C=O) groups excluding carboxylic acids is 3. The van der Waals surface area contributed by atoms with E-state index in [0.717, 1.165) is 42.5 Å². The van der Waals surface area contributed by atoms with Crippen LogP contribution in [0.15, 0.2) is 65.0 Å². The fourth-order valence-corrected chi connectivity index (χ4v) is 6.14. The highest BCUT2D eigenvalue weighted by Crippen LogP contribution is 2.46. The molecule has 5 rings (SSSR count). The number of rotatable bonds is 7. The number of Topliss-reactive ketones (excluding diaryl/α,β-unsaturated/α-hetero) is 1. The Kier molecular flexibility index (Phi) is 7.96. The third-order valence-corrected chi connectivity index (χ3v) is 8.17. The highest BCUT2D eigenvalue weighted by molar-refractivity contribution is 6.04. The molecule has 2 aromatic carbocycles. The summed E-state index contributed by atoms with van der Waals surface area (Å²) >= 11 is 0. The molecule has 0 spiro atoms. The molecule has 3 aliphatic rings. The van der Waals surface area contributed by atoms with Crippen LogP contribution in [-0.4, -0.2) is 45.2 Å². The van der Waals surface area contributed by atoms with Gasteiger partial charge in [-0.25, -0.2) is 9.59 Å². The van der Waals surface area contributed by atoms with Gasteiger partial charge in [-0.2, -0.15) is 0 Å². The second-order valence-electron chi connectivity index (χ2n) is 10.6. The average molecular weight is 546 g/mol. The van der Waals surface area contributed by atoms with Gasteiger partial charge >= 0.3 is 11.9 Å². The molecule has 1 N–H and O–H groups in total. The van der Waals surface area contributed by atoms with Crippen molar-refractivity contribution in [2.45, 2.75) is 63.4 Å². The fourth-order valence-electron chi connectivity index (χ4n) is 6.14. The maximum Gasteiger partial charge on any atom is 0.337 e. The predicted molar refractivity (Wildman–Crippen MR) is 148 cm³/mol. The van der Waals surface area contributed by atoms with Crippen LogP contribution in [0.4, 0.5) is 0 Å². The molecule has 210 valence electrons. The molecule has 1 aliphatic heterocycles. The molecule has 0 aromatic heterocycles. The maximum absolute atomic E-state index is 13.9. The number of esters is 2. The molecule has 1 fully saturated rings. The zero-order valence-electron chi connectivity index (χ0n) is 23.4. The average Bonchev–Trinajstić information content (AvgIpc) is 3.48. The number of hydrogen-bond donors (Lipinski definition) is 1. The first-order valence-electron chi connectivity index (χ1n) is 13.7. The van der Waals surface area contributed by atoms with Crippen molar-refractivity contribution < 1.29 is 33.3 Å². The van der Waals surface area contributed by atoms with E-state index in [1.54, 1.807) is 38.5 Å². The lowest BCUT2D eigenvalue weighted by Gasteiger charge is -2.37. The van der Waals surface area contributed by atoms with E-state index in [2.05, 4.69) is 5.32 Å². The summed E-state index contributed by atoms with van der Waals surface area (Å²) in [6.45, 7) is 1.86. The Morgan fingerprint density at radius 2 is 1.52 bits per heavy atom. The molecular weight excluding hydrogens is 510 g/mol. The van der Waals surface area contributed by atoms with E-state index in [9.17, 15) is 14.4 Å². The van der Waals surface area contributed by atoms with E-state index in [1.807, 2.05) is 25.1 Å². The van der Waals surface area contributed by atoms with Gasteiger partial charge in [0.25, 0.3) is 0 Å². The Hall–Kier alpha value is -4.07. The lowest BCUT2D eigenvalue weighted by molar-refractivity contribution is -0.144. The van der Waals surface area contributed by atoms with E-state index in [0.29, 0.717) is 40.3 Å². The van der Waals surface area contributed by atoms with Crippen LogP contribution in [0.1, 0.15) is 78.8 Å². The van der Waals surface area contributed by atoms with Crippen molar-refractivity contribution >= 4 is 17.7 Å². The summed E-state index contributed by atoms with van der Waals surface area (Å²) < 4.78 is 21.7. The topological polar surface area (TPSA) is 100 Å². The monoisotopic (exact) mass is 545 g/mol. The van der Waals surface area contributed by atoms with Crippen molar-refractivity contribution in [1.82, 2.24) is 5.32 Å². The van der Waals surface area contributed by atoms with Crippen LogP contribution in [0.25, 0.3) is 0 Å². The Morgan fingerprint density at radius 3 is 2.17 bits per heavy atom. The lowest BCUT2D eigenvalue weighted by Crippen LogP contribution is -2.36. The third-order valence-electron chi connectivity index (χ3n) is 8.17. The van der Waals surface area contributed by atoms with Gasteiger partial charge in [0.2, 0.25) is 0 Å². The molecule has 8 nitrogen and oxygen atoms in total. The van der Waals surface area contributed by atoms with Crippen molar-refractivity contribution in [2.75, 3.05) is 21.3 Å². The summed E-state index contributed by atoms with van der Waals surface area (Å²) in [4.78, 5) is 39.6. The summed E-state index contributed by atoms with van der Waals surface area (Å²) in [6.07, 6.45) is 4.55. The number of hydrogen-bond acceptors (Lipinski definition) is 8. The van der Waals surface area contributed by atoms with Crippen molar-refractivity contribution in [3.05, 3.63) is 81.7 Å². The summed E-state index contributed by atoms with van der Waals surface area (Å²) in [5.41, 5.74) is 4.61. The molecule has 0 radical (unpaired) electrons. The van der Waals surface area contributed by atoms with Gasteiger partial charge in [0.1, 0.15) is 6.10 Å². The molecule has 0 bridgehead atoms. The molecule has 0 saturated heterocycles. The van der Waals surface area contributed by atoms with Crippen LogP contribution in [0, 0.1) is 0 Å². The van der Waals surface area contributed by atoms with E-state index in [1.165, 1.54) is 7.11 Å². The number of carbonyl (C=O) groups is 3. The maximum atomic E-state index is 13.9. The number of nitrogens with one attached hydrogen (secondary N) is 1. The second kappa shape index (κ2) is 11.6. The first-order valence-corrected chi connectivity index (χ1v) is 13.7. The number of ketones is 1. The van der Waals surface area contributed by atoms with Crippen molar-refractivity contribution in [3.8, 4) is 11.5 Å². The Bertz CT molecular complexity index is 1380. The van der Waals surface area contributed by atoms with Gasteiger partial charge in [0.15, 0.2) is 17.3 Å². The molecule has 2 atom stereocenters. The number of allylic oxidation sites excluding steroid dienone is 3. The summed E-state index contributed by atoms with van der Waals surface area (Å²) in [7, 11) is 4.51. The molecule has 8 heteroatoms. The van der Waals surface area contributed by atoms with Gasteiger partial charge in [-0.3, -0.25) is 4.79 Å². The highest BCUT2D eigenvalue weighted by Gasteiger charge is 2.42. The molecular formula is C32H35NO7. The predicted octanol–water partition coefficient (Wildman–Crippen LogP) is 5.34. The van der Waals surface area contributed by atoms with E-state index in [-0.39, 0.29) is 24.2 Å². The zero-order chi connectivity index (χ0) is 28.4. The van der Waals surface area contributed by atoms with Crippen molar-refractivity contribution in [2.24, 2.45) is 0 Å². The number of methoxy groups -OCH3 is 3. The normalized spacial score (nSPS) is 21.1. The van der Waals surface area contributed by atoms with Crippen LogP contribution < -0.4 is 14.8 Å². The van der Waals surface area contributed by atoms with Crippen LogP contribution in [-0.2, 0) is 19.1 Å². The quantitative estimate of drug-likeness (QED) is 0.466. The minimum atomic E-state index is -0.601. The molecule has 0 unspecified atom stereocenters. The van der Waals surface area contributed by atoms with Gasteiger partial charge < -0.3 is 24.3 Å². The van der Waals surface area contributed by atoms with Crippen LogP contribution >= 0.6 is 0 Å². The van der Waals surface area contributed by atoms with Crippen molar-refractivity contribution in [1.29, 1.82) is 0 Å². The lowest BCUT2D eigenvalue weighted by atomic mass is 9.71. The standard InChI is InChI=1S/C32H35NO7/c1-18-28(32(36)40-23-7-5-6-8-23)29(19-9-11-20(12-10-19)31(35)39-4)30-24(33-18)15-22(16-25(30)34)21-13-14-26(37-2)27(17-21)38-3/h9-14,17,22-23,29,33H,5-8,15-16H2,1-4H3/t22-,29+/m1/s1. The summed E-state index contributed by atoms with van der Waals surface area (Å²) in [6, 6.07) is 12.6. The second-order valence-corrected chi connectivity index (χ2v) is 10.6. The highest BCUT2D eigenvalue weighted by atomic mass is 16.5. The minimum Gasteiger partial charge on any atom is -0.493 e. The van der Waals surface area contributed by atoms with Gasteiger partial charge in [-0.15, -0.1) is 0 Å². The van der Waals surface area contributed by atoms with E-state index >= 15 is 0 Å². The number of dihydropyridines is 1. The molecule has 1 saturated carbocycles. The van der Waals surface area contributed by atoms with Gasteiger partial charge in [-0.1, -0.05) is 18.2 Å². The summed E-state index contributed by atoms with van der Waals surface area (Å²) in [5, 5.41) is 3.40. The van der Waals surface area contributed by atoms with E-state index in [4.69, 9.17) is 18.9 Å². The molecule has 2 aromatic rings. The molecule has 2 aliphatic carbocycles. The van der Waals surface area contributed by atoms with Crippen LogP contribution in [0.3, 0.4) is 0 Å². The zero-order valence-corrected chi connectivity index (χ0v) is 23.4. The Balaban J connectivity index is 1.53. The number of benzene rings is 2. The minimum absolute atomic E-state index is 0.0331. The van der Waals surface area contributed by atoms with Crippen LogP contribution in [0.2, 0.25) is 0 Å². The van der Waals surface area contributed by atoms with Gasteiger partial charge in [-0.05, 0) is 80.3 Å². The SMILES string of the molecule is COC(=O)c1ccc([C@H]2C(C(=O)OC3CCCC3)=C(C)NC3=C2C(=O)C[C@H](c2ccc(OC)c(OC)c2)C3)cc1. The Morgan fingerprint density at radius 1 is 0.850 bits per heavy atom. The summed E-state index contributed by atoms with van der Waals surface area (Å²) in [5.74, 6) is -0.314. The number of ether oxygens (including phenoxy) is 4. The van der Waals surface area contributed by atoms with E-state index < -0.39 is 17.9 Å². The first-order chi connectivity index (χ1) is 19.3. The van der Waals surface area contributed by atoms with Crippen LogP contribution in [0.5, 0.6) is 11.5 Å². The van der Waals surface area contributed by atoms with Crippen molar-refractivity contribution in [3.63, 3.8) is 0 Å². The molecule has 40 heavy (non-hydrogen) atoms. The first kappa shape index (κ1) is 27.5. The molecule has 0 amide bonds.